The van der Waals surface area contributed by atoms with Gasteiger partial charge < -0.3 is 10.2 Å². The lowest BCUT2D eigenvalue weighted by molar-refractivity contribution is 0.375. The van der Waals surface area contributed by atoms with Crippen LogP contribution in [0.15, 0.2) is 4.99 Å². The molecule has 1 saturated heterocycles. The van der Waals surface area contributed by atoms with Gasteiger partial charge in [0, 0.05) is 35.5 Å². The van der Waals surface area contributed by atoms with Crippen LogP contribution in [0.1, 0.15) is 29.4 Å². The zero-order valence-electron chi connectivity index (χ0n) is 13.4. The molecule has 0 atom stereocenters. The van der Waals surface area contributed by atoms with Gasteiger partial charge in [-0.05, 0) is 27.7 Å². The van der Waals surface area contributed by atoms with Gasteiger partial charge in [-0.3, -0.25) is 4.99 Å². The number of thiazole rings is 1. The highest BCUT2D eigenvalue weighted by molar-refractivity contribution is 14.0. The fourth-order valence-corrected chi connectivity index (χ4v) is 4.28. The molecule has 1 aliphatic rings. The predicted octanol–water partition coefficient (Wildman–Crippen LogP) is 3.28. The van der Waals surface area contributed by atoms with E-state index in [1.165, 1.54) is 4.88 Å². The van der Waals surface area contributed by atoms with Crippen molar-refractivity contribution in [1.82, 2.24) is 15.2 Å². The number of aliphatic imine (C=N–C) groups is 1. The number of nitrogens with zero attached hydrogens (tertiary/aromatic N) is 3. The van der Waals surface area contributed by atoms with Crippen LogP contribution in [0.2, 0.25) is 0 Å². The maximum atomic E-state index is 4.57. The SMILES string of the molecule is CN=C(NCc1nc(C)c(C)s1)N1CCSC(C)(C)C1.I. The van der Waals surface area contributed by atoms with E-state index in [1.54, 1.807) is 11.3 Å². The molecule has 0 bridgehead atoms. The Morgan fingerprint density at radius 2 is 2.14 bits per heavy atom. The molecule has 2 rings (SSSR count). The van der Waals surface area contributed by atoms with Gasteiger partial charge in [0.05, 0.1) is 12.2 Å². The van der Waals surface area contributed by atoms with Crippen LogP contribution in [0.4, 0.5) is 0 Å². The Kier molecular flexibility index (Phi) is 7.26. The Labute approximate surface area is 153 Å². The standard InChI is InChI=1S/C14H24N4S2.HI/c1-10-11(2)20-12(17-10)8-16-13(15-5)18-6-7-19-14(3,4)9-18;/h6-9H2,1-5H3,(H,15,16);1H. The van der Waals surface area contributed by atoms with Gasteiger partial charge in [-0.25, -0.2) is 4.98 Å². The molecule has 21 heavy (non-hydrogen) atoms. The van der Waals surface area contributed by atoms with Gasteiger partial charge in [-0.1, -0.05) is 0 Å². The average molecular weight is 440 g/mol. The molecular weight excluding hydrogens is 415 g/mol. The van der Waals surface area contributed by atoms with Crippen LogP contribution < -0.4 is 5.32 Å². The summed E-state index contributed by atoms with van der Waals surface area (Å²) in [6.07, 6.45) is 0. The molecule has 0 unspecified atom stereocenters. The molecular formula is C14H25IN4S2. The number of hydrogen-bond donors (Lipinski definition) is 1. The Bertz CT molecular complexity index is 480. The predicted molar refractivity (Wildman–Crippen MR) is 105 cm³/mol. The number of rotatable bonds is 2. The number of aryl methyl sites for hydroxylation is 2. The quantitative estimate of drug-likeness (QED) is 0.436. The van der Waals surface area contributed by atoms with Crippen molar-refractivity contribution in [2.75, 3.05) is 25.9 Å². The molecule has 0 radical (unpaired) electrons. The van der Waals surface area contributed by atoms with E-state index in [0.717, 1.165) is 42.0 Å². The van der Waals surface area contributed by atoms with Gasteiger partial charge in [0.2, 0.25) is 0 Å². The van der Waals surface area contributed by atoms with E-state index in [1.807, 2.05) is 18.8 Å². The van der Waals surface area contributed by atoms with Crippen molar-refractivity contribution in [2.24, 2.45) is 4.99 Å². The van der Waals surface area contributed by atoms with E-state index in [0.29, 0.717) is 4.75 Å². The van der Waals surface area contributed by atoms with Crippen LogP contribution in [0.5, 0.6) is 0 Å². The van der Waals surface area contributed by atoms with Crippen LogP contribution in [-0.4, -0.2) is 46.5 Å². The zero-order chi connectivity index (χ0) is 14.8. The largest absolute Gasteiger partial charge is 0.350 e. The summed E-state index contributed by atoms with van der Waals surface area (Å²) in [5.74, 6) is 2.15. The van der Waals surface area contributed by atoms with Gasteiger partial charge in [0.25, 0.3) is 0 Å². The third-order valence-electron chi connectivity index (χ3n) is 3.41. The normalized spacial score (nSPS) is 18.3. The lowest BCUT2D eigenvalue weighted by Gasteiger charge is -2.39. The first-order valence-electron chi connectivity index (χ1n) is 6.94. The van der Waals surface area contributed by atoms with Gasteiger partial charge in [-0.2, -0.15) is 11.8 Å². The smallest absolute Gasteiger partial charge is 0.194 e. The third-order valence-corrected chi connectivity index (χ3v) is 5.78. The van der Waals surface area contributed by atoms with Gasteiger partial charge >= 0.3 is 0 Å². The molecule has 1 aromatic rings. The van der Waals surface area contributed by atoms with E-state index in [4.69, 9.17) is 0 Å². The minimum absolute atomic E-state index is 0. The van der Waals surface area contributed by atoms with Crippen LogP contribution in [0.3, 0.4) is 0 Å². The summed E-state index contributed by atoms with van der Waals surface area (Å²) >= 11 is 3.80. The molecule has 4 nitrogen and oxygen atoms in total. The van der Waals surface area contributed by atoms with E-state index in [2.05, 4.69) is 47.9 Å². The van der Waals surface area contributed by atoms with Crippen molar-refractivity contribution in [3.8, 4) is 0 Å². The van der Waals surface area contributed by atoms with Crippen molar-refractivity contribution < 1.29 is 0 Å². The van der Waals surface area contributed by atoms with E-state index in [-0.39, 0.29) is 24.0 Å². The van der Waals surface area contributed by atoms with E-state index < -0.39 is 0 Å². The Morgan fingerprint density at radius 1 is 1.43 bits per heavy atom. The minimum Gasteiger partial charge on any atom is -0.350 e. The molecule has 0 aliphatic carbocycles. The Balaban J connectivity index is 0.00000220. The summed E-state index contributed by atoms with van der Waals surface area (Å²) in [6, 6.07) is 0. The molecule has 1 N–H and O–H groups in total. The minimum atomic E-state index is 0. The molecule has 1 aliphatic heterocycles. The molecule has 1 aromatic heterocycles. The summed E-state index contributed by atoms with van der Waals surface area (Å²) in [5.41, 5.74) is 1.14. The van der Waals surface area contributed by atoms with Crippen LogP contribution in [0.25, 0.3) is 0 Å². The highest BCUT2D eigenvalue weighted by Gasteiger charge is 2.28. The van der Waals surface area contributed by atoms with E-state index in [9.17, 15) is 0 Å². The maximum absolute atomic E-state index is 4.57. The summed E-state index contributed by atoms with van der Waals surface area (Å²) in [5, 5.41) is 4.58. The molecule has 120 valence electrons. The average Bonchev–Trinajstić information content (AvgIpc) is 2.68. The summed E-state index contributed by atoms with van der Waals surface area (Å²) in [7, 11) is 1.86. The van der Waals surface area contributed by atoms with E-state index >= 15 is 0 Å². The fraction of sp³-hybridized carbons (Fsp3) is 0.714. The number of aromatic nitrogens is 1. The summed E-state index contributed by atoms with van der Waals surface area (Å²) in [6.45, 7) is 11.6. The van der Waals surface area contributed by atoms with Gasteiger partial charge in [-0.15, -0.1) is 35.3 Å². The van der Waals surface area contributed by atoms with Crippen molar-refractivity contribution in [3.63, 3.8) is 0 Å². The number of hydrogen-bond acceptors (Lipinski definition) is 4. The molecule has 0 amide bonds. The molecule has 0 saturated carbocycles. The maximum Gasteiger partial charge on any atom is 0.194 e. The Hall–Kier alpha value is -0.0200. The second kappa shape index (κ2) is 8.01. The monoisotopic (exact) mass is 440 g/mol. The number of halogens is 1. The van der Waals surface area contributed by atoms with Gasteiger partial charge in [0.15, 0.2) is 5.96 Å². The topological polar surface area (TPSA) is 40.5 Å². The van der Waals surface area contributed by atoms with Crippen molar-refractivity contribution in [2.45, 2.75) is 39.0 Å². The lowest BCUT2D eigenvalue weighted by atomic mass is 10.2. The molecule has 7 heteroatoms. The second-order valence-corrected chi connectivity index (χ2v) is 8.77. The summed E-state index contributed by atoms with van der Waals surface area (Å²) in [4.78, 5) is 12.6. The second-order valence-electron chi connectivity index (χ2n) is 5.68. The highest BCUT2D eigenvalue weighted by Crippen LogP contribution is 2.29. The highest BCUT2D eigenvalue weighted by atomic mass is 127. The van der Waals surface area contributed by atoms with Crippen molar-refractivity contribution in [1.29, 1.82) is 0 Å². The van der Waals surface area contributed by atoms with Crippen molar-refractivity contribution >= 4 is 53.0 Å². The van der Waals surface area contributed by atoms with Crippen molar-refractivity contribution in [3.05, 3.63) is 15.6 Å². The van der Waals surface area contributed by atoms with Crippen LogP contribution >= 0.6 is 47.1 Å². The number of guanidine groups is 1. The molecule has 2 heterocycles. The first kappa shape index (κ1) is 19.0. The lowest BCUT2D eigenvalue weighted by Crippen LogP contribution is -2.50. The third kappa shape index (κ3) is 5.28. The summed E-state index contributed by atoms with van der Waals surface area (Å²) < 4.78 is 0.296. The van der Waals surface area contributed by atoms with Crippen LogP contribution in [-0.2, 0) is 6.54 Å². The number of nitrogens with one attached hydrogen (secondary N) is 1. The Morgan fingerprint density at radius 3 is 2.67 bits per heavy atom. The zero-order valence-corrected chi connectivity index (χ0v) is 17.4. The molecule has 1 fully saturated rings. The number of thioether (sulfide) groups is 1. The van der Waals surface area contributed by atoms with Crippen LogP contribution in [0, 0.1) is 13.8 Å². The fourth-order valence-electron chi connectivity index (χ4n) is 2.30. The molecule has 0 aromatic carbocycles. The first-order chi connectivity index (χ1) is 9.41. The van der Waals surface area contributed by atoms with Gasteiger partial charge in [0.1, 0.15) is 5.01 Å². The first-order valence-corrected chi connectivity index (χ1v) is 8.74. The molecule has 0 spiro atoms.